The molecule has 1 aromatic heterocycles. The Bertz CT molecular complexity index is 1060. The number of halogens is 1. The molecule has 0 bridgehead atoms. The van der Waals surface area contributed by atoms with Crippen LogP contribution in [-0.2, 0) is 4.79 Å². The van der Waals surface area contributed by atoms with Crippen LogP contribution in [0.15, 0.2) is 53.6 Å². The summed E-state index contributed by atoms with van der Waals surface area (Å²) in [5.41, 5.74) is 6.03. The smallest absolute Gasteiger partial charge is 0.277 e. The first kappa shape index (κ1) is 21.4. The first-order valence-electron chi connectivity index (χ1n) is 9.39. The second-order valence-corrected chi connectivity index (χ2v) is 7.34. The van der Waals surface area contributed by atoms with Gasteiger partial charge in [0, 0.05) is 19.8 Å². The van der Waals surface area contributed by atoms with E-state index in [0.717, 1.165) is 11.3 Å². The molecule has 3 aromatic rings. The van der Waals surface area contributed by atoms with Crippen molar-refractivity contribution in [3.05, 3.63) is 70.5 Å². The lowest BCUT2D eigenvalue weighted by Crippen LogP contribution is -2.24. The van der Waals surface area contributed by atoms with Gasteiger partial charge in [-0.3, -0.25) is 9.36 Å². The average molecular weight is 426 g/mol. The van der Waals surface area contributed by atoms with Crippen molar-refractivity contribution in [3.8, 4) is 11.4 Å². The molecule has 0 spiro atoms. The van der Waals surface area contributed by atoms with Crippen LogP contribution >= 0.6 is 11.6 Å². The van der Waals surface area contributed by atoms with Gasteiger partial charge < -0.3 is 9.64 Å². The molecule has 0 atom stereocenters. The predicted molar refractivity (Wildman–Crippen MR) is 120 cm³/mol. The first-order valence-corrected chi connectivity index (χ1v) is 9.77. The number of amides is 1. The number of rotatable bonds is 7. The molecular formula is C22H24ClN5O2. The Morgan fingerprint density at radius 2 is 1.93 bits per heavy atom. The molecule has 7 nitrogen and oxygen atoms in total. The number of hydrazone groups is 1. The number of hydrogen-bond donors (Lipinski definition) is 1. The minimum Gasteiger partial charge on any atom is -0.484 e. The number of nitrogens with one attached hydrogen (secondary N) is 1. The molecule has 3 rings (SSSR count). The highest BCUT2D eigenvalue weighted by Crippen LogP contribution is 2.26. The third kappa shape index (κ3) is 4.99. The van der Waals surface area contributed by atoms with Crippen LogP contribution in [0.3, 0.4) is 0 Å². The van der Waals surface area contributed by atoms with Gasteiger partial charge in [0.25, 0.3) is 5.91 Å². The molecule has 1 amide bonds. The molecule has 30 heavy (non-hydrogen) atoms. The van der Waals surface area contributed by atoms with E-state index in [4.69, 9.17) is 16.3 Å². The van der Waals surface area contributed by atoms with E-state index in [0.29, 0.717) is 22.5 Å². The highest BCUT2D eigenvalue weighted by Gasteiger charge is 2.17. The fraction of sp³-hybridized carbons (Fsp3) is 0.227. The molecule has 0 fully saturated rings. The van der Waals surface area contributed by atoms with Gasteiger partial charge in [0.05, 0.1) is 6.21 Å². The summed E-state index contributed by atoms with van der Waals surface area (Å²) in [7, 11) is 3.76. The number of benzene rings is 2. The maximum absolute atomic E-state index is 12.0. The SMILES string of the molecule is Cc1ccc(OCC(=O)N/N=C\c2nc(N(C)C)n(-c3ccccc3)c2Cl)cc1C. The van der Waals surface area contributed by atoms with Crippen LogP contribution in [0, 0.1) is 13.8 Å². The Hall–Kier alpha value is -3.32. The summed E-state index contributed by atoms with van der Waals surface area (Å²) in [6, 6.07) is 15.3. The van der Waals surface area contributed by atoms with E-state index in [1.165, 1.54) is 11.8 Å². The van der Waals surface area contributed by atoms with E-state index >= 15 is 0 Å². The maximum atomic E-state index is 12.0. The van der Waals surface area contributed by atoms with Crippen LogP contribution in [0.25, 0.3) is 5.69 Å². The van der Waals surface area contributed by atoms with Gasteiger partial charge >= 0.3 is 0 Å². The van der Waals surface area contributed by atoms with Crippen molar-refractivity contribution in [2.75, 3.05) is 25.6 Å². The van der Waals surface area contributed by atoms with Gasteiger partial charge in [0.15, 0.2) is 6.61 Å². The van der Waals surface area contributed by atoms with Gasteiger partial charge in [0.1, 0.15) is 16.6 Å². The minimum absolute atomic E-state index is 0.144. The molecule has 2 aromatic carbocycles. The Morgan fingerprint density at radius 1 is 1.20 bits per heavy atom. The van der Waals surface area contributed by atoms with E-state index in [1.54, 1.807) is 0 Å². The molecule has 1 N–H and O–H groups in total. The maximum Gasteiger partial charge on any atom is 0.277 e. The van der Waals surface area contributed by atoms with E-state index in [9.17, 15) is 4.79 Å². The van der Waals surface area contributed by atoms with Gasteiger partial charge in [-0.15, -0.1) is 0 Å². The standard InChI is InChI=1S/C22H24ClN5O2/c1-15-10-11-18(12-16(15)2)30-14-20(29)26-24-13-19-21(23)28(22(25-19)27(3)4)17-8-6-5-7-9-17/h5-13H,14H2,1-4H3,(H,26,29)/b24-13-. The highest BCUT2D eigenvalue weighted by molar-refractivity contribution is 6.32. The molecule has 0 saturated carbocycles. The molecule has 0 aliphatic heterocycles. The minimum atomic E-state index is -0.379. The van der Waals surface area contributed by atoms with Gasteiger partial charge in [0.2, 0.25) is 5.95 Å². The summed E-state index contributed by atoms with van der Waals surface area (Å²) in [5, 5.41) is 4.37. The fourth-order valence-corrected chi connectivity index (χ4v) is 3.01. The Labute approximate surface area is 180 Å². The third-order valence-corrected chi connectivity index (χ3v) is 4.83. The molecule has 0 saturated heterocycles. The van der Waals surface area contributed by atoms with Crippen LogP contribution in [0.2, 0.25) is 5.15 Å². The molecule has 0 aliphatic rings. The fourth-order valence-electron chi connectivity index (χ4n) is 2.74. The molecule has 0 radical (unpaired) electrons. The number of aryl methyl sites for hydroxylation is 2. The lowest BCUT2D eigenvalue weighted by Gasteiger charge is -2.14. The molecule has 0 unspecified atom stereocenters. The van der Waals surface area contributed by atoms with Crippen molar-refractivity contribution in [1.29, 1.82) is 0 Å². The number of aromatic nitrogens is 2. The van der Waals surface area contributed by atoms with Crippen molar-refractivity contribution in [2.24, 2.45) is 5.10 Å². The number of carbonyl (C=O) groups is 1. The zero-order valence-corrected chi connectivity index (χ0v) is 18.1. The van der Waals surface area contributed by atoms with Crippen LogP contribution < -0.4 is 15.1 Å². The zero-order valence-electron chi connectivity index (χ0n) is 17.4. The normalized spacial score (nSPS) is 11.0. The topological polar surface area (TPSA) is 71.8 Å². The quantitative estimate of drug-likeness (QED) is 0.462. The number of carbonyl (C=O) groups excluding carboxylic acids is 1. The van der Waals surface area contributed by atoms with Gasteiger partial charge in [-0.2, -0.15) is 5.10 Å². The van der Waals surface area contributed by atoms with E-state index < -0.39 is 0 Å². The van der Waals surface area contributed by atoms with E-state index in [2.05, 4.69) is 15.5 Å². The molecular weight excluding hydrogens is 402 g/mol. The van der Waals surface area contributed by atoms with Crippen LogP contribution in [0.5, 0.6) is 5.75 Å². The van der Waals surface area contributed by atoms with Gasteiger partial charge in [-0.25, -0.2) is 10.4 Å². The van der Waals surface area contributed by atoms with Crippen molar-refractivity contribution >= 4 is 29.7 Å². The summed E-state index contributed by atoms with van der Waals surface area (Å²) < 4.78 is 7.32. The second kappa shape index (κ2) is 9.45. The number of hydrogen-bond acceptors (Lipinski definition) is 5. The molecule has 156 valence electrons. The Kier molecular flexibility index (Phi) is 6.74. The molecule has 8 heteroatoms. The molecule has 1 heterocycles. The highest BCUT2D eigenvalue weighted by atomic mass is 35.5. The summed E-state index contributed by atoms with van der Waals surface area (Å²) in [6.45, 7) is 3.87. The van der Waals surface area contributed by atoms with Crippen LogP contribution in [0.4, 0.5) is 5.95 Å². The van der Waals surface area contributed by atoms with E-state index in [-0.39, 0.29) is 12.5 Å². The predicted octanol–water partition coefficient (Wildman–Crippen LogP) is 3.74. The van der Waals surface area contributed by atoms with Gasteiger partial charge in [-0.05, 0) is 49.2 Å². The number of nitrogens with zero attached hydrogens (tertiary/aromatic N) is 4. The Morgan fingerprint density at radius 3 is 2.60 bits per heavy atom. The number of anilines is 1. The number of para-hydroxylation sites is 1. The van der Waals surface area contributed by atoms with Crippen LogP contribution in [-0.4, -0.2) is 42.4 Å². The summed E-state index contributed by atoms with van der Waals surface area (Å²) in [6.07, 6.45) is 1.42. The Balaban J connectivity index is 1.67. The monoisotopic (exact) mass is 425 g/mol. The first-order chi connectivity index (χ1) is 14.4. The third-order valence-electron chi connectivity index (χ3n) is 4.47. The van der Waals surface area contributed by atoms with Crippen molar-refractivity contribution in [1.82, 2.24) is 15.0 Å². The largest absolute Gasteiger partial charge is 0.484 e. The average Bonchev–Trinajstić information content (AvgIpc) is 3.06. The second-order valence-electron chi connectivity index (χ2n) is 6.98. The molecule has 0 aliphatic carbocycles. The van der Waals surface area contributed by atoms with Gasteiger partial charge in [-0.1, -0.05) is 35.9 Å². The summed E-state index contributed by atoms with van der Waals surface area (Å²) >= 11 is 6.54. The van der Waals surface area contributed by atoms with Crippen molar-refractivity contribution in [3.63, 3.8) is 0 Å². The zero-order chi connectivity index (χ0) is 21.7. The number of ether oxygens (including phenoxy) is 1. The summed E-state index contributed by atoms with van der Waals surface area (Å²) in [4.78, 5) is 18.4. The van der Waals surface area contributed by atoms with Crippen molar-refractivity contribution in [2.45, 2.75) is 13.8 Å². The van der Waals surface area contributed by atoms with Crippen molar-refractivity contribution < 1.29 is 9.53 Å². The summed E-state index contributed by atoms with van der Waals surface area (Å²) in [5.74, 6) is 0.908. The number of imidazole rings is 1. The van der Waals surface area contributed by atoms with E-state index in [1.807, 2.05) is 85.9 Å². The lowest BCUT2D eigenvalue weighted by atomic mass is 10.1. The lowest BCUT2D eigenvalue weighted by molar-refractivity contribution is -0.123. The van der Waals surface area contributed by atoms with Crippen LogP contribution in [0.1, 0.15) is 16.8 Å².